The van der Waals surface area contributed by atoms with Crippen LogP contribution in [0.4, 0.5) is 0 Å². The number of carboxylic acid groups (broad SMARTS) is 1. The zero-order valence-corrected chi connectivity index (χ0v) is 18.7. The first-order valence-electron chi connectivity index (χ1n) is 11.1. The van der Waals surface area contributed by atoms with Crippen LogP contribution in [0.5, 0.6) is 0 Å². The largest absolute Gasteiger partial charge is 0.481 e. The summed E-state index contributed by atoms with van der Waals surface area (Å²) < 4.78 is 32.2. The molecule has 4 atom stereocenters. The van der Waals surface area contributed by atoms with Crippen molar-refractivity contribution in [2.45, 2.75) is 76.9 Å². The van der Waals surface area contributed by atoms with E-state index in [1.165, 1.54) is 0 Å². The number of carbonyl (C=O) groups excluding carboxylic acids is 1. The molecule has 30 heavy (non-hydrogen) atoms. The van der Waals surface area contributed by atoms with Crippen LogP contribution in [0.15, 0.2) is 12.2 Å². The summed E-state index contributed by atoms with van der Waals surface area (Å²) in [5.74, 6) is -0.498. The first-order chi connectivity index (χ1) is 14.3. The van der Waals surface area contributed by atoms with Crippen molar-refractivity contribution < 1.29 is 27.9 Å². The number of nitrogens with one attached hydrogen (secondary N) is 2. The fraction of sp³-hybridized carbons (Fsp3) is 0.810. The van der Waals surface area contributed by atoms with E-state index in [0.717, 1.165) is 38.5 Å². The summed E-state index contributed by atoms with van der Waals surface area (Å²) in [5, 5.41) is 11.5. The van der Waals surface area contributed by atoms with Gasteiger partial charge in [-0.3, -0.25) is 9.59 Å². The van der Waals surface area contributed by atoms with Crippen LogP contribution in [0.1, 0.15) is 64.7 Å². The van der Waals surface area contributed by atoms with Crippen LogP contribution in [0, 0.1) is 11.8 Å². The molecule has 2 saturated heterocycles. The number of fused-ring (bicyclic) bond motifs is 2. The molecule has 0 spiro atoms. The molecule has 2 aliphatic rings. The van der Waals surface area contributed by atoms with Crippen LogP contribution >= 0.6 is 0 Å². The number of carboxylic acids is 1. The Bertz CT molecular complexity index is 694. The second-order valence-electron chi connectivity index (χ2n) is 8.26. The van der Waals surface area contributed by atoms with Crippen molar-refractivity contribution in [1.29, 1.82) is 0 Å². The normalized spacial score (nSPS) is 25.8. The van der Waals surface area contributed by atoms with E-state index in [1.807, 2.05) is 13.0 Å². The van der Waals surface area contributed by atoms with Crippen LogP contribution in [0.25, 0.3) is 0 Å². The summed E-state index contributed by atoms with van der Waals surface area (Å²) in [7, 11) is -3.41. The molecule has 0 aromatic heterocycles. The highest BCUT2D eigenvalue weighted by Gasteiger charge is 2.47. The lowest BCUT2D eigenvalue weighted by Gasteiger charge is -2.27. The Morgan fingerprint density at radius 2 is 1.83 bits per heavy atom. The number of hydrogen-bond acceptors (Lipinski definition) is 5. The Morgan fingerprint density at radius 3 is 2.53 bits per heavy atom. The second kappa shape index (κ2) is 12.4. The van der Waals surface area contributed by atoms with Gasteiger partial charge < -0.3 is 15.2 Å². The molecule has 0 radical (unpaired) electrons. The van der Waals surface area contributed by atoms with Crippen LogP contribution in [0.2, 0.25) is 0 Å². The van der Waals surface area contributed by atoms with Crippen LogP contribution in [-0.4, -0.2) is 56.5 Å². The number of unbranched alkanes of at least 4 members (excludes halogenated alkanes) is 3. The van der Waals surface area contributed by atoms with E-state index >= 15 is 0 Å². The van der Waals surface area contributed by atoms with Gasteiger partial charge in [-0.15, -0.1) is 0 Å². The highest BCUT2D eigenvalue weighted by atomic mass is 32.2. The molecule has 0 unspecified atom stereocenters. The third kappa shape index (κ3) is 8.35. The average molecular weight is 445 g/mol. The quantitative estimate of drug-likeness (QED) is 0.263. The maximum atomic E-state index is 12.1. The lowest BCUT2D eigenvalue weighted by atomic mass is 9.77. The smallest absolute Gasteiger partial charge is 0.303 e. The van der Waals surface area contributed by atoms with Gasteiger partial charge in [0.25, 0.3) is 0 Å². The molecule has 0 aromatic rings. The summed E-state index contributed by atoms with van der Waals surface area (Å²) in [4.78, 5) is 22.7. The molecule has 2 heterocycles. The Labute approximate surface area is 179 Å². The third-order valence-corrected chi connectivity index (χ3v) is 7.34. The predicted molar refractivity (Wildman–Crippen MR) is 114 cm³/mol. The molecule has 2 bridgehead atoms. The summed E-state index contributed by atoms with van der Waals surface area (Å²) in [6.45, 7) is 2.26. The zero-order chi connectivity index (χ0) is 22.0. The number of amides is 1. The topological polar surface area (TPSA) is 122 Å². The molecular formula is C21H36N2O6S. The molecule has 9 heteroatoms. The van der Waals surface area contributed by atoms with Crippen molar-refractivity contribution >= 4 is 21.9 Å². The Kier molecular flexibility index (Phi) is 10.3. The summed E-state index contributed by atoms with van der Waals surface area (Å²) in [6, 6.07) is 0. The standard InChI is InChI=1S/C21H36N2O6S/c1-2-3-8-13-30(27,28)23-15-20(24)22-14-17-16(18-11-12-19(17)29-18)9-6-4-5-7-10-21(25)26/h4,6,16-19,23H,2-3,5,7-15H2,1H3,(H,22,24)(H,25,26)/t16-,17+,18-,19+/m1/s1. The van der Waals surface area contributed by atoms with Gasteiger partial charge in [-0.1, -0.05) is 31.9 Å². The molecule has 2 aliphatic heterocycles. The van der Waals surface area contributed by atoms with Gasteiger partial charge in [-0.2, -0.15) is 0 Å². The van der Waals surface area contributed by atoms with Crippen LogP contribution < -0.4 is 10.0 Å². The number of aliphatic carboxylic acids is 1. The van der Waals surface area contributed by atoms with Crippen LogP contribution in [0.3, 0.4) is 0 Å². The molecule has 8 nitrogen and oxygen atoms in total. The minimum absolute atomic E-state index is 0.0508. The molecule has 2 fully saturated rings. The van der Waals surface area contributed by atoms with E-state index < -0.39 is 16.0 Å². The Hall–Kier alpha value is -1.45. The van der Waals surface area contributed by atoms with E-state index in [0.29, 0.717) is 25.3 Å². The van der Waals surface area contributed by atoms with Crippen molar-refractivity contribution in [1.82, 2.24) is 10.0 Å². The van der Waals surface area contributed by atoms with Crippen molar-refractivity contribution in [2.75, 3.05) is 18.8 Å². The number of carbonyl (C=O) groups is 2. The molecule has 3 N–H and O–H groups in total. The van der Waals surface area contributed by atoms with E-state index in [-0.39, 0.29) is 42.8 Å². The van der Waals surface area contributed by atoms with Crippen molar-refractivity contribution in [3.8, 4) is 0 Å². The fourth-order valence-corrected chi connectivity index (χ4v) is 5.39. The van der Waals surface area contributed by atoms with Gasteiger partial charge in [0.05, 0.1) is 24.5 Å². The number of hydrogen-bond donors (Lipinski definition) is 3. The average Bonchev–Trinajstić information content (AvgIpc) is 3.29. The zero-order valence-electron chi connectivity index (χ0n) is 17.8. The van der Waals surface area contributed by atoms with Gasteiger partial charge in [0.15, 0.2) is 0 Å². The summed E-state index contributed by atoms with van der Waals surface area (Å²) >= 11 is 0. The molecule has 172 valence electrons. The molecule has 2 rings (SSSR count). The molecule has 0 saturated carbocycles. The SMILES string of the molecule is CCCCCS(=O)(=O)NCC(=O)NC[C@H]1[C@@H](CC=CCCCC(=O)O)[C@H]2CC[C@@H]1O2. The van der Waals surface area contributed by atoms with Gasteiger partial charge in [0, 0.05) is 18.9 Å². The number of ether oxygens (including phenoxy) is 1. The van der Waals surface area contributed by atoms with Crippen molar-refractivity contribution in [3.63, 3.8) is 0 Å². The minimum Gasteiger partial charge on any atom is -0.481 e. The molecule has 0 aliphatic carbocycles. The van der Waals surface area contributed by atoms with E-state index in [9.17, 15) is 18.0 Å². The molecule has 1 amide bonds. The minimum atomic E-state index is -3.41. The Morgan fingerprint density at radius 1 is 1.10 bits per heavy atom. The second-order valence-corrected chi connectivity index (χ2v) is 10.2. The Balaban J connectivity index is 1.72. The number of rotatable bonds is 15. The fourth-order valence-electron chi connectivity index (χ4n) is 4.31. The molecular weight excluding hydrogens is 408 g/mol. The first kappa shape index (κ1) is 24.8. The first-order valence-corrected chi connectivity index (χ1v) is 12.7. The lowest BCUT2D eigenvalue weighted by Crippen LogP contribution is -2.42. The van der Waals surface area contributed by atoms with Crippen molar-refractivity contribution in [2.24, 2.45) is 11.8 Å². The summed E-state index contributed by atoms with van der Waals surface area (Å²) in [6.07, 6.45) is 11.3. The number of allylic oxidation sites excluding steroid dienone is 2. The van der Waals surface area contributed by atoms with Gasteiger partial charge >= 0.3 is 5.97 Å². The lowest BCUT2D eigenvalue weighted by molar-refractivity contribution is -0.137. The van der Waals surface area contributed by atoms with E-state index in [4.69, 9.17) is 9.84 Å². The van der Waals surface area contributed by atoms with Gasteiger partial charge in [-0.05, 0) is 44.4 Å². The van der Waals surface area contributed by atoms with E-state index in [2.05, 4.69) is 16.1 Å². The third-order valence-electron chi connectivity index (χ3n) is 5.93. The number of sulfonamides is 1. The highest BCUT2D eigenvalue weighted by molar-refractivity contribution is 7.89. The molecule has 0 aromatic carbocycles. The predicted octanol–water partition coefficient (Wildman–Crippen LogP) is 2.21. The summed E-state index contributed by atoms with van der Waals surface area (Å²) in [5.41, 5.74) is 0. The monoisotopic (exact) mass is 444 g/mol. The van der Waals surface area contributed by atoms with Gasteiger partial charge in [-0.25, -0.2) is 13.1 Å². The van der Waals surface area contributed by atoms with Crippen LogP contribution in [-0.2, 0) is 24.3 Å². The maximum Gasteiger partial charge on any atom is 0.303 e. The van der Waals surface area contributed by atoms with Gasteiger partial charge in [0.2, 0.25) is 15.9 Å². The highest BCUT2D eigenvalue weighted by Crippen LogP contribution is 2.44. The van der Waals surface area contributed by atoms with Crippen molar-refractivity contribution in [3.05, 3.63) is 12.2 Å². The van der Waals surface area contributed by atoms with E-state index in [1.54, 1.807) is 0 Å². The van der Waals surface area contributed by atoms with Gasteiger partial charge in [0.1, 0.15) is 0 Å². The maximum absolute atomic E-state index is 12.1.